The van der Waals surface area contributed by atoms with E-state index >= 15 is 0 Å². The Hall–Kier alpha value is -2.27. The summed E-state index contributed by atoms with van der Waals surface area (Å²) in [6.07, 6.45) is 6.84. The lowest BCUT2D eigenvalue weighted by Gasteiger charge is -2.18. The highest BCUT2D eigenvalue weighted by Crippen LogP contribution is 2.31. The first kappa shape index (κ1) is 23.0. The van der Waals surface area contributed by atoms with Gasteiger partial charge in [-0.3, -0.25) is 0 Å². The van der Waals surface area contributed by atoms with Crippen molar-refractivity contribution in [1.29, 1.82) is 0 Å². The lowest BCUT2D eigenvalue weighted by molar-refractivity contribution is 0.346. The second-order valence-corrected chi connectivity index (χ2v) is 8.81. The van der Waals surface area contributed by atoms with Gasteiger partial charge in [0.15, 0.2) is 0 Å². The largest absolute Gasteiger partial charge is 0.496 e. The molecule has 1 fully saturated rings. The number of nitrogens with zero attached hydrogens (tertiary/aromatic N) is 1. The van der Waals surface area contributed by atoms with Crippen LogP contribution in [0.2, 0.25) is 0 Å². The van der Waals surface area contributed by atoms with Gasteiger partial charge in [-0.15, -0.1) is 0 Å². The zero-order valence-corrected chi connectivity index (χ0v) is 19.0. The average Bonchev–Trinajstić information content (AvgIpc) is 3.19. The van der Waals surface area contributed by atoms with Crippen LogP contribution in [0.25, 0.3) is 10.9 Å². The molecule has 3 aromatic rings. The van der Waals surface area contributed by atoms with E-state index in [1.165, 1.54) is 23.2 Å². The third-order valence-corrected chi connectivity index (χ3v) is 6.88. The van der Waals surface area contributed by atoms with Crippen LogP contribution >= 0.6 is 0 Å². The molecule has 4 nitrogen and oxygen atoms in total. The summed E-state index contributed by atoms with van der Waals surface area (Å²) in [5.41, 5.74) is 1.68. The highest BCUT2D eigenvalue weighted by atomic mass is 32.2. The molecule has 1 heterocycles. The first-order chi connectivity index (χ1) is 14.0. The van der Waals surface area contributed by atoms with E-state index in [0.29, 0.717) is 5.52 Å². The fourth-order valence-electron chi connectivity index (χ4n) is 3.32. The van der Waals surface area contributed by atoms with Crippen molar-refractivity contribution < 1.29 is 13.2 Å². The van der Waals surface area contributed by atoms with Gasteiger partial charge in [-0.25, -0.2) is 12.4 Å². The molecule has 158 valence electrons. The molecule has 0 N–H and O–H groups in total. The standard InChI is InChI=1S/C17H17NO3S.C5H10.C2H6/c1-3-14-15-11-12-18(16(15)9-10-17(14)21-2)22(19,20)13-7-5-4-6-8-13;1-5-3-2-4-5;1-2/h4-12H,3H2,1-2H3;5H,2-4H2,1H3;1-2H3. The van der Waals surface area contributed by atoms with Crippen LogP contribution in [-0.4, -0.2) is 19.5 Å². The highest BCUT2D eigenvalue weighted by molar-refractivity contribution is 7.90. The number of rotatable bonds is 4. The minimum absolute atomic E-state index is 0.279. The Bertz CT molecular complexity index is 1000. The van der Waals surface area contributed by atoms with Gasteiger partial charge in [0.1, 0.15) is 5.75 Å². The van der Waals surface area contributed by atoms with Crippen molar-refractivity contribution in [1.82, 2.24) is 3.97 Å². The van der Waals surface area contributed by atoms with Gasteiger partial charge in [0, 0.05) is 17.1 Å². The summed E-state index contributed by atoms with van der Waals surface area (Å²) < 4.78 is 32.3. The molecule has 0 spiro atoms. The molecule has 1 aliphatic carbocycles. The van der Waals surface area contributed by atoms with Crippen LogP contribution in [0.3, 0.4) is 0 Å². The summed E-state index contributed by atoms with van der Waals surface area (Å²) in [5.74, 6) is 1.85. The van der Waals surface area contributed by atoms with Gasteiger partial charge in [-0.1, -0.05) is 65.2 Å². The quantitative estimate of drug-likeness (QED) is 0.504. The predicted molar refractivity (Wildman–Crippen MR) is 121 cm³/mol. The fourth-order valence-corrected chi connectivity index (χ4v) is 4.68. The van der Waals surface area contributed by atoms with Crippen LogP contribution in [0.5, 0.6) is 5.75 Å². The number of aryl methyl sites for hydroxylation is 1. The van der Waals surface area contributed by atoms with Crippen molar-refractivity contribution in [2.45, 2.75) is 58.3 Å². The predicted octanol–water partition coefficient (Wildman–Crippen LogP) is 6.28. The van der Waals surface area contributed by atoms with E-state index in [4.69, 9.17) is 4.74 Å². The van der Waals surface area contributed by atoms with Crippen molar-refractivity contribution in [2.75, 3.05) is 7.11 Å². The number of fused-ring (bicyclic) bond motifs is 1. The Labute approximate surface area is 175 Å². The summed E-state index contributed by atoms with van der Waals surface area (Å²) in [6, 6.07) is 13.9. The molecule has 0 amide bonds. The molecule has 1 saturated carbocycles. The third kappa shape index (κ3) is 5.02. The van der Waals surface area contributed by atoms with Gasteiger partial charge in [-0.05, 0) is 42.7 Å². The van der Waals surface area contributed by atoms with E-state index in [2.05, 4.69) is 6.92 Å². The van der Waals surface area contributed by atoms with E-state index in [0.717, 1.165) is 29.0 Å². The maximum atomic E-state index is 12.8. The van der Waals surface area contributed by atoms with Crippen molar-refractivity contribution in [3.63, 3.8) is 0 Å². The molecule has 2 aromatic carbocycles. The van der Waals surface area contributed by atoms with Gasteiger partial charge in [0.05, 0.1) is 17.5 Å². The van der Waals surface area contributed by atoms with Gasteiger partial charge < -0.3 is 4.74 Å². The van der Waals surface area contributed by atoms with Crippen LogP contribution in [0.15, 0.2) is 59.6 Å². The second-order valence-electron chi connectivity index (χ2n) is 7.00. The minimum atomic E-state index is -3.59. The second kappa shape index (κ2) is 10.5. The van der Waals surface area contributed by atoms with Crippen molar-refractivity contribution in [3.05, 3.63) is 60.3 Å². The number of methoxy groups -OCH3 is 1. The maximum absolute atomic E-state index is 12.8. The first-order valence-electron chi connectivity index (χ1n) is 10.5. The number of hydrogen-bond acceptors (Lipinski definition) is 3. The maximum Gasteiger partial charge on any atom is 0.268 e. The van der Waals surface area contributed by atoms with E-state index in [9.17, 15) is 8.42 Å². The monoisotopic (exact) mass is 415 g/mol. The summed E-state index contributed by atoms with van der Waals surface area (Å²) in [6.45, 7) is 8.34. The summed E-state index contributed by atoms with van der Waals surface area (Å²) in [5, 5.41) is 0.904. The smallest absolute Gasteiger partial charge is 0.268 e. The Morgan fingerprint density at radius 1 is 1.03 bits per heavy atom. The SMILES string of the molecule is CC.CC1CCC1.CCc1c(OC)ccc2c1ccn2S(=O)(=O)c1ccccc1. The fraction of sp³-hybridized carbons (Fsp3) is 0.417. The van der Waals surface area contributed by atoms with Crippen molar-refractivity contribution in [3.8, 4) is 5.75 Å². The average molecular weight is 416 g/mol. The number of ether oxygens (including phenoxy) is 1. The Morgan fingerprint density at radius 3 is 2.14 bits per heavy atom. The third-order valence-electron chi connectivity index (χ3n) is 5.17. The molecule has 0 atom stereocenters. The molecular weight excluding hydrogens is 382 g/mol. The Balaban J connectivity index is 0.000000367. The molecule has 0 unspecified atom stereocenters. The number of benzene rings is 2. The summed E-state index contributed by atoms with van der Waals surface area (Å²) >= 11 is 0. The van der Waals surface area contributed by atoms with Crippen LogP contribution in [0.1, 0.15) is 52.5 Å². The molecule has 0 radical (unpaired) electrons. The summed E-state index contributed by atoms with van der Waals surface area (Å²) in [7, 11) is -1.97. The Kier molecular flexibility index (Phi) is 8.32. The van der Waals surface area contributed by atoms with Gasteiger partial charge >= 0.3 is 0 Å². The molecule has 1 aliphatic rings. The molecule has 29 heavy (non-hydrogen) atoms. The van der Waals surface area contributed by atoms with Crippen LogP contribution < -0.4 is 4.74 Å². The molecule has 4 rings (SSSR count). The molecule has 0 aliphatic heterocycles. The first-order valence-corrected chi connectivity index (χ1v) is 11.9. The zero-order valence-electron chi connectivity index (χ0n) is 18.2. The molecule has 5 heteroatoms. The van der Waals surface area contributed by atoms with E-state index in [-0.39, 0.29) is 4.90 Å². The Morgan fingerprint density at radius 2 is 1.66 bits per heavy atom. The lowest BCUT2D eigenvalue weighted by atomic mass is 9.88. The topological polar surface area (TPSA) is 48.3 Å². The molecule has 0 bridgehead atoms. The van der Waals surface area contributed by atoms with E-state index in [1.807, 2.05) is 32.9 Å². The van der Waals surface area contributed by atoms with Crippen LogP contribution in [0, 0.1) is 5.92 Å². The molecule has 0 saturated heterocycles. The zero-order chi connectivity index (χ0) is 21.4. The minimum Gasteiger partial charge on any atom is -0.496 e. The van der Waals surface area contributed by atoms with E-state index < -0.39 is 10.0 Å². The van der Waals surface area contributed by atoms with Crippen molar-refractivity contribution in [2.24, 2.45) is 5.92 Å². The van der Waals surface area contributed by atoms with Gasteiger partial charge in [0.25, 0.3) is 10.0 Å². The number of aromatic nitrogens is 1. The van der Waals surface area contributed by atoms with Crippen LogP contribution in [0.4, 0.5) is 0 Å². The number of hydrogen-bond donors (Lipinski definition) is 0. The molecule has 1 aromatic heterocycles. The van der Waals surface area contributed by atoms with Crippen molar-refractivity contribution >= 4 is 20.9 Å². The highest BCUT2D eigenvalue weighted by Gasteiger charge is 2.20. The summed E-state index contributed by atoms with van der Waals surface area (Å²) in [4.78, 5) is 0.279. The normalized spacial score (nSPS) is 13.6. The van der Waals surface area contributed by atoms with Gasteiger partial charge in [-0.2, -0.15) is 0 Å². The van der Waals surface area contributed by atoms with E-state index in [1.54, 1.807) is 49.7 Å². The molecular formula is C24H33NO3S. The van der Waals surface area contributed by atoms with Crippen LogP contribution in [-0.2, 0) is 16.4 Å². The van der Waals surface area contributed by atoms with Gasteiger partial charge in [0.2, 0.25) is 0 Å². The lowest BCUT2D eigenvalue weighted by Crippen LogP contribution is -2.11.